The molecule has 0 bridgehead atoms. The molecule has 0 saturated carbocycles. The number of benzene rings is 2. The number of hydrogen-bond acceptors (Lipinski definition) is 5. The van der Waals surface area contributed by atoms with E-state index in [2.05, 4.69) is 11.1 Å². The average molecular weight is 411 g/mol. The Bertz CT molecular complexity index is 1310. The summed E-state index contributed by atoms with van der Waals surface area (Å²) in [7, 11) is 1.63. The number of Topliss-reactive ketones (excluding diaryl/α,β-unsaturated/α-hetero) is 1. The second-order valence-corrected chi connectivity index (χ2v) is 7.73. The standard InChI is InChI=1S/C25H21N3O3/c1-30-15-11-9-14(10-12-15)24-22(16-5-2-3-6-18(16)28-24)21-17(13-26)25(27)31-20-8-4-7-19(29)23(20)21/h2-3,5-6,9-12,21,28H,4,7-8,27H2,1H3. The quantitative estimate of drug-likeness (QED) is 0.653. The summed E-state index contributed by atoms with van der Waals surface area (Å²) in [4.78, 5) is 16.5. The molecule has 0 fully saturated rings. The minimum absolute atomic E-state index is 0.0115. The van der Waals surface area contributed by atoms with Crippen molar-refractivity contribution in [1.82, 2.24) is 4.98 Å². The highest BCUT2D eigenvalue weighted by Gasteiger charge is 2.40. The fourth-order valence-electron chi connectivity index (χ4n) is 4.59. The van der Waals surface area contributed by atoms with E-state index in [1.165, 1.54) is 0 Å². The molecule has 6 nitrogen and oxygen atoms in total. The third-order valence-corrected chi connectivity index (χ3v) is 6.02. The molecule has 3 N–H and O–H groups in total. The lowest BCUT2D eigenvalue weighted by Crippen LogP contribution is -2.27. The predicted octanol–water partition coefficient (Wildman–Crippen LogP) is 4.66. The van der Waals surface area contributed by atoms with Gasteiger partial charge in [0.2, 0.25) is 5.88 Å². The van der Waals surface area contributed by atoms with Gasteiger partial charge in [-0.1, -0.05) is 18.2 Å². The third-order valence-electron chi connectivity index (χ3n) is 6.02. The Morgan fingerprint density at radius 2 is 1.94 bits per heavy atom. The van der Waals surface area contributed by atoms with Gasteiger partial charge in [0.05, 0.1) is 18.7 Å². The van der Waals surface area contributed by atoms with Crippen molar-refractivity contribution in [3.63, 3.8) is 0 Å². The molecule has 0 amide bonds. The molecule has 2 heterocycles. The van der Waals surface area contributed by atoms with E-state index < -0.39 is 5.92 Å². The van der Waals surface area contributed by atoms with E-state index in [-0.39, 0.29) is 17.2 Å². The maximum atomic E-state index is 13.0. The Morgan fingerprint density at radius 1 is 1.16 bits per heavy atom. The van der Waals surface area contributed by atoms with Crippen molar-refractivity contribution >= 4 is 16.7 Å². The van der Waals surface area contributed by atoms with Gasteiger partial charge in [-0.2, -0.15) is 5.26 Å². The smallest absolute Gasteiger partial charge is 0.205 e. The van der Waals surface area contributed by atoms with Gasteiger partial charge in [0.1, 0.15) is 23.2 Å². The minimum atomic E-state index is -0.574. The van der Waals surface area contributed by atoms with E-state index in [1.54, 1.807) is 7.11 Å². The highest BCUT2D eigenvalue weighted by Crippen LogP contribution is 2.48. The number of methoxy groups -OCH3 is 1. The normalized spacial score (nSPS) is 18.6. The molecule has 6 heteroatoms. The molecule has 0 radical (unpaired) electrons. The lowest BCUT2D eigenvalue weighted by Gasteiger charge is -2.31. The number of carbonyl (C=O) groups excluding carboxylic acids is 1. The van der Waals surface area contributed by atoms with Gasteiger partial charge in [-0.15, -0.1) is 0 Å². The van der Waals surface area contributed by atoms with Gasteiger partial charge in [0.25, 0.3) is 0 Å². The fourth-order valence-corrected chi connectivity index (χ4v) is 4.59. The van der Waals surface area contributed by atoms with Gasteiger partial charge < -0.3 is 20.2 Å². The second-order valence-electron chi connectivity index (χ2n) is 7.73. The molecule has 1 unspecified atom stereocenters. The number of H-pyrrole nitrogens is 1. The first kappa shape index (κ1) is 19.0. The number of aromatic nitrogens is 1. The Balaban J connectivity index is 1.82. The van der Waals surface area contributed by atoms with Gasteiger partial charge in [0.15, 0.2) is 5.78 Å². The van der Waals surface area contributed by atoms with Crippen LogP contribution in [-0.4, -0.2) is 17.9 Å². The molecule has 0 saturated heterocycles. The minimum Gasteiger partial charge on any atom is -0.497 e. The molecule has 2 aliphatic rings. The van der Waals surface area contributed by atoms with Crippen molar-refractivity contribution in [3.8, 4) is 23.1 Å². The van der Waals surface area contributed by atoms with Gasteiger partial charge in [-0.05, 0) is 47.9 Å². The Morgan fingerprint density at radius 3 is 2.68 bits per heavy atom. The summed E-state index contributed by atoms with van der Waals surface area (Å²) in [5.74, 6) is 0.852. The van der Waals surface area contributed by atoms with E-state index in [1.807, 2.05) is 48.5 Å². The van der Waals surface area contributed by atoms with Crippen LogP contribution in [0.3, 0.4) is 0 Å². The van der Waals surface area contributed by atoms with Crippen molar-refractivity contribution in [2.24, 2.45) is 5.73 Å². The molecule has 1 aromatic heterocycles. The highest BCUT2D eigenvalue weighted by molar-refractivity contribution is 6.02. The zero-order chi connectivity index (χ0) is 21.5. The van der Waals surface area contributed by atoms with E-state index in [9.17, 15) is 10.1 Å². The molecule has 31 heavy (non-hydrogen) atoms. The monoisotopic (exact) mass is 411 g/mol. The summed E-state index contributed by atoms with van der Waals surface area (Å²) >= 11 is 0. The van der Waals surface area contributed by atoms with E-state index >= 15 is 0 Å². The molecule has 3 aromatic rings. The molecule has 5 rings (SSSR count). The molecular formula is C25H21N3O3. The highest BCUT2D eigenvalue weighted by atomic mass is 16.5. The number of nitrogens with zero attached hydrogens (tertiary/aromatic N) is 1. The largest absolute Gasteiger partial charge is 0.497 e. The van der Waals surface area contributed by atoms with Crippen LogP contribution in [0.2, 0.25) is 0 Å². The van der Waals surface area contributed by atoms with E-state index in [0.29, 0.717) is 24.2 Å². The second kappa shape index (κ2) is 7.37. The summed E-state index contributed by atoms with van der Waals surface area (Å²) in [6, 6.07) is 17.8. The summed E-state index contributed by atoms with van der Waals surface area (Å²) in [6.07, 6.45) is 1.80. The van der Waals surface area contributed by atoms with Crippen LogP contribution in [0.4, 0.5) is 0 Å². The first-order chi connectivity index (χ1) is 15.1. The number of carbonyl (C=O) groups is 1. The zero-order valence-corrected chi connectivity index (χ0v) is 17.1. The third kappa shape index (κ3) is 2.98. The van der Waals surface area contributed by atoms with Crippen LogP contribution >= 0.6 is 0 Å². The van der Waals surface area contributed by atoms with Crippen molar-refractivity contribution in [2.75, 3.05) is 7.11 Å². The molecule has 1 aliphatic heterocycles. The molecule has 2 aromatic carbocycles. The van der Waals surface area contributed by atoms with Crippen molar-refractivity contribution in [2.45, 2.75) is 25.2 Å². The topological polar surface area (TPSA) is 101 Å². The summed E-state index contributed by atoms with van der Waals surface area (Å²) < 4.78 is 11.0. The van der Waals surface area contributed by atoms with Crippen LogP contribution in [0.15, 0.2) is 71.3 Å². The first-order valence-electron chi connectivity index (χ1n) is 10.2. The van der Waals surface area contributed by atoms with Crippen LogP contribution < -0.4 is 10.5 Å². The van der Waals surface area contributed by atoms with Gasteiger partial charge in [-0.25, -0.2) is 0 Å². The predicted molar refractivity (Wildman–Crippen MR) is 117 cm³/mol. The lowest BCUT2D eigenvalue weighted by molar-refractivity contribution is -0.116. The van der Waals surface area contributed by atoms with Crippen molar-refractivity contribution in [3.05, 3.63) is 76.9 Å². The molecule has 154 valence electrons. The number of rotatable bonds is 3. The molecular weight excluding hydrogens is 390 g/mol. The number of aromatic amines is 1. The van der Waals surface area contributed by atoms with Crippen LogP contribution in [-0.2, 0) is 9.53 Å². The van der Waals surface area contributed by atoms with Gasteiger partial charge in [0, 0.05) is 29.3 Å². The summed E-state index contributed by atoms with van der Waals surface area (Å²) in [5.41, 5.74) is 10.6. The molecule has 0 spiro atoms. The number of ether oxygens (including phenoxy) is 2. The number of nitrogens with one attached hydrogen (secondary N) is 1. The Kier molecular flexibility index (Phi) is 4.52. The lowest BCUT2D eigenvalue weighted by atomic mass is 9.76. The number of fused-ring (bicyclic) bond motifs is 1. The van der Waals surface area contributed by atoms with Crippen LogP contribution in [0, 0.1) is 11.3 Å². The average Bonchev–Trinajstić information content (AvgIpc) is 3.17. The summed E-state index contributed by atoms with van der Waals surface area (Å²) in [5, 5.41) is 10.9. The van der Waals surface area contributed by atoms with Crippen LogP contribution in [0.25, 0.3) is 22.2 Å². The van der Waals surface area contributed by atoms with Crippen LogP contribution in [0.1, 0.15) is 30.7 Å². The first-order valence-corrected chi connectivity index (χ1v) is 10.2. The van der Waals surface area contributed by atoms with E-state index in [0.717, 1.165) is 39.9 Å². The number of nitriles is 1. The van der Waals surface area contributed by atoms with Crippen molar-refractivity contribution in [1.29, 1.82) is 5.26 Å². The molecule has 1 atom stereocenters. The number of nitrogens with two attached hydrogens (primary N) is 1. The van der Waals surface area contributed by atoms with E-state index in [4.69, 9.17) is 15.2 Å². The SMILES string of the molecule is COc1ccc(-c2[nH]c3ccccc3c2C2C(C#N)=C(N)OC3=C2C(=O)CCC3)cc1. The maximum Gasteiger partial charge on any atom is 0.205 e. The molecule has 1 aliphatic carbocycles. The van der Waals surface area contributed by atoms with Gasteiger partial charge >= 0.3 is 0 Å². The Labute approximate surface area is 179 Å². The number of hydrogen-bond donors (Lipinski definition) is 2. The van der Waals surface area contributed by atoms with Crippen LogP contribution in [0.5, 0.6) is 5.75 Å². The van der Waals surface area contributed by atoms with Gasteiger partial charge in [-0.3, -0.25) is 4.79 Å². The zero-order valence-electron chi connectivity index (χ0n) is 17.1. The Hall–Kier alpha value is -3.98. The fraction of sp³-hybridized carbons (Fsp3) is 0.200. The summed E-state index contributed by atoms with van der Waals surface area (Å²) in [6.45, 7) is 0. The maximum absolute atomic E-state index is 13.0. The number of allylic oxidation sites excluding steroid dienone is 3. The number of para-hydroxylation sites is 1. The van der Waals surface area contributed by atoms with Crippen molar-refractivity contribution < 1.29 is 14.3 Å². The number of ketones is 1.